The molecule has 6 nitrogen and oxygen atoms in total. The van der Waals surface area contributed by atoms with E-state index in [9.17, 15) is 9.59 Å². The van der Waals surface area contributed by atoms with Gasteiger partial charge in [0.15, 0.2) is 0 Å². The Hall–Kier alpha value is -0.0231. The van der Waals surface area contributed by atoms with E-state index in [1.807, 2.05) is 25.7 Å². The molecule has 9 heteroatoms. The first-order valence-corrected chi connectivity index (χ1v) is 11.4. The van der Waals surface area contributed by atoms with Crippen LogP contribution in [-0.4, -0.2) is 63.6 Å². The first-order chi connectivity index (χ1) is 11.8. The van der Waals surface area contributed by atoms with Crippen LogP contribution in [0.2, 0.25) is 5.54 Å². The van der Waals surface area contributed by atoms with Crippen LogP contribution in [0.5, 0.6) is 0 Å². The Balaban J connectivity index is 4.86. The van der Waals surface area contributed by atoms with Gasteiger partial charge in [0.2, 0.25) is 10.5 Å². The lowest BCUT2D eigenvalue weighted by atomic mass is 10.2. The van der Waals surface area contributed by atoms with Crippen LogP contribution in [0.4, 0.5) is 0 Å². The van der Waals surface area contributed by atoms with Crippen molar-refractivity contribution in [3.8, 4) is 0 Å². The molecule has 148 valence electrons. The van der Waals surface area contributed by atoms with Gasteiger partial charge in [-0.2, -0.15) is 0 Å². The molecule has 0 bridgehead atoms. The van der Waals surface area contributed by atoms with Gasteiger partial charge in [-0.25, -0.2) is 0 Å². The van der Waals surface area contributed by atoms with Crippen LogP contribution in [0, 0.1) is 0 Å². The second-order valence-electron chi connectivity index (χ2n) is 5.64. The van der Waals surface area contributed by atoms with Crippen molar-refractivity contribution in [1.82, 2.24) is 4.90 Å². The summed E-state index contributed by atoms with van der Waals surface area (Å²) in [5, 5.41) is -0.783. The minimum Gasteiger partial charge on any atom is -0.374 e. The number of hydrogen-bond acceptors (Lipinski definition) is 6. The van der Waals surface area contributed by atoms with Crippen molar-refractivity contribution in [3.63, 3.8) is 0 Å². The molecule has 0 spiro atoms. The zero-order valence-electron chi connectivity index (χ0n) is 15.7. The molecule has 0 aliphatic carbocycles. The van der Waals surface area contributed by atoms with E-state index in [1.54, 1.807) is 0 Å². The van der Waals surface area contributed by atoms with Crippen molar-refractivity contribution in [2.45, 2.75) is 52.5 Å². The van der Waals surface area contributed by atoms with E-state index in [0.717, 1.165) is 6.42 Å². The highest BCUT2D eigenvalue weighted by Gasteiger charge is 2.46. The average molecular weight is 416 g/mol. The Morgan fingerprint density at radius 1 is 0.880 bits per heavy atom. The third-order valence-corrected chi connectivity index (χ3v) is 7.71. The van der Waals surface area contributed by atoms with Gasteiger partial charge in [0.1, 0.15) is 0 Å². The van der Waals surface area contributed by atoms with Crippen LogP contribution in [0.1, 0.15) is 47.0 Å². The van der Waals surface area contributed by atoms with Crippen LogP contribution in [-0.2, 0) is 22.9 Å². The van der Waals surface area contributed by atoms with Crippen LogP contribution in [0.3, 0.4) is 0 Å². The number of rotatable bonds is 16. The van der Waals surface area contributed by atoms with Crippen molar-refractivity contribution in [2.75, 3.05) is 39.5 Å². The summed E-state index contributed by atoms with van der Waals surface area (Å²) in [6, 6.07) is 0. The maximum atomic E-state index is 11.0. The predicted octanol–water partition coefficient (Wildman–Crippen LogP) is 3.43. The molecule has 0 saturated carbocycles. The van der Waals surface area contributed by atoms with E-state index in [1.165, 1.54) is 0 Å². The highest BCUT2D eigenvalue weighted by Crippen LogP contribution is 2.29. The lowest BCUT2D eigenvalue weighted by Gasteiger charge is -2.34. The molecule has 0 N–H and O–H groups in total. The third kappa shape index (κ3) is 10.6. The zero-order chi connectivity index (χ0) is 19.3. The van der Waals surface area contributed by atoms with Crippen LogP contribution >= 0.6 is 23.2 Å². The molecule has 0 radical (unpaired) electrons. The molecular formula is C16H31Cl2NO5Si. The standard InChI is InChI=1S/C16H31Cl2NO5Si/c1-5-22-25(23-6-2,24-7-3)14(4)8-11-19(12-9-15(17)20)13-10-16(18)21/h14H,5-13H2,1-4H3. The van der Waals surface area contributed by atoms with Crippen molar-refractivity contribution in [1.29, 1.82) is 0 Å². The maximum Gasteiger partial charge on any atom is 0.503 e. The summed E-state index contributed by atoms with van der Waals surface area (Å²) in [6.45, 7) is 11.1. The Kier molecular flexibility index (Phi) is 14.1. The molecule has 0 amide bonds. The second kappa shape index (κ2) is 14.1. The van der Waals surface area contributed by atoms with Crippen LogP contribution < -0.4 is 0 Å². The number of hydrogen-bond donors (Lipinski definition) is 0. The molecule has 0 aromatic carbocycles. The monoisotopic (exact) mass is 415 g/mol. The van der Waals surface area contributed by atoms with Gasteiger partial charge < -0.3 is 18.2 Å². The van der Waals surface area contributed by atoms with Crippen LogP contribution in [0.15, 0.2) is 0 Å². The summed E-state index contributed by atoms with van der Waals surface area (Å²) in [6.07, 6.45) is 1.23. The molecule has 0 fully saturated rings. The Labute approximate surface area is 162 Å². The SMILES string of the molecule is CCO[Si](OCC)(OCC)C(C)CCN(CCC(=O)Cl)CCC(=O)Cl. The van der Waals surface area contributed by atoms with Crippen LogP contribution in [0.25, 0.3) is 0 Å². The number of nitrogens with zero attached hydrogens (tertiary/aromatic N) is 1. The van der Waals surface area contributed by atoms with Crippen molar-refractivity contribution >= 4 is 42.5 Å². The summed E-state index contributed by atoms with van der Waals surface area (Å²) in [4.78, 5) is 24.1. The van der Waals surface area contributed by atoms with Gasteiger partial charge in [-0.05, 0) is 56.9 Å². The summed E-state index contributed by atoms with van der Waals surface area (Å²) >= 11 is 10.9. The second-order valence-corrected chi connectivity index (χ2v) is 9.55. The van der Waals surface area contributed by atoms with E-state index in [-0.39, 0.29) is 18.4 Å². The zero-order valence-corrected chi connectivity index (χ0v) is 18.2. The minimum atomic E-state index is -2.77. The molecule has 0 heterocycles. The van der Waals surface area contributed by atoms with Gasteiger partial charge in [0, 0.05) is 51.3 Å². The van der Waals surface area contributed by atoms with Gasteiger partial charge in [-0.1, -0.05) is 6.92 Å². The van der Waals surface area contributed by atoms with Crippen molar-refractivity contribution in [3.05, 3.63) is 0 Å². The first-order valence-electron chi connectivity index (χ1n) is 8.82. The molecule has 0 aromatic rings. The molecule has 1 unspecified atom stereocenters. The summed E-state index contributed by atoms with van der Waals surface area (Å²) < 4.78 is 17.8. The molecular weight excluding hydrogens is 385 g/mol. The molecule has 0 aliphatic rings. The first kappa shape index (κ1) is 25.0. The van der Waals surface area contributed by atoms with Gasteiger partial charge in [0.05, 0.1) is 0 Å². The fourth-order valence-corrected chi connectivity index (χ4v) is 5.50. The fraction of sp³-hybridized carbons (Fsp3) is 0.875. The predicted molar refractivity (Wildman–Crippen MR) is 102 cm³/mol. The third-order valence-electron chi connectivity index (χ3n) is 3.77. The summed E-state index contributed by atoms with van der Waals surface area (Å²) in [5.41, 5.74) is 0.0910. The summed E-state index contributed by atoms with van der Waals surface area (Å²) in [5.74, 6) is 0. The van der Waals surface area contributed by atoms with E-state index in [2.05, 4.69) is 6.92 Å². The molecule has 25 heavy (non-hydrogen) atoms. The highest BCUT2D eigenvalue weighted by molar-refractivity contribution is 6.63. The number of halogens is 2. The maximum absolute atomic E-state index is 11.0. The summed E-state index contributed by atoms with van der Waals surface area (Å²) in [7, 11) is -2.77. The molecule has 0 saturated heterocycles. The van der Waals surface area contributed by atoms with Gasteiger partial charge in [-0.15, -0.1) is 0 Å². The molecule has 0 aliphatic heterocycles. The quantitative estimate of drug-likeness (QED) is 0.284. The van der Waals surface area contributed by atoms with Gasteiger partial charge >= 0.3 is 8.80 Å². The van der Waals surface area contributed by atoms with E-state index >= 15 is 0 Å². The lowest BCUT2D eigenvalue weighted by Crippen LogP contribution is -2.50. The topological polar surface area (TPSA) is 65.1 Å². The Bertz CT molecular complexity index is 366. The van der Waals surface area contributed by atoms with Gasteiger partial charge in [0.25, 0.3) is 0 Å². The number of carbonyl (C=O) groups excluding carboxylic acids is 2. The van der Waals surface area contributed by atoms with Gasteiger partial charge in [-0.3, -0.25) is 9.59 Å². The van der Waals surface area contributed by atoms with E-state index in [4.69, 9.17) is 36.5 Å². The molecule has 1 atom stereocenters. The smallest absolute Gasteiger partial charge is 0.374 e. The van der Waals surface area contributed by atoms with E-state index < -0.39 is 19.3 Å². The molecule has 0 aromatic heterocycles. The fourth-order valence-electron chi connectivity index (χ4n) is 2.54. The van der Waals surface area contributed by atoms with Crippen molar-refractivity contribution in [2.24, 2.45) is 0 Å². The lowest BCUT2D eigenvalue weighted by molar-refractivity contribution is -0.112. The molecule has 0 rings (SSSR count). The van der Waals surface area contributed by atoms with E-state index in [0.29, 0.717) is 39.5 Å². The van der Waals surface area contributed by atoms with Crippen molar-refractivity contribution < 1.29 is 22.9 Å². The number of carbonyl (C=O) groups is 2. The normalized spacial score (nSPS) is 13.2. The largest absolute Gasteiger partial charge is 0.503 e. The minimum absolute atomic E-state index is 0.0910. The average Bonchev–Trinajstić information content (AvgIpc) is 2.54. The Morgan fingerprint density at radius 2 is 1.28 bits per heavy atom. The Morgan fingerprint density at radius 3 is 1.60 bits per heavy atom. The highest BCUT2D eigenvalue weighted by atomic mass is 35.5.